The third kappa shape index (κ3) is 4.50. The molecule has 2 rings (SSSR count). The van der Waals surface area contributed by atoms with E-state index in [0.29, 0.717) is 18.1 Å². The van der Waals surface area contributed by atoms with Crippen LogP contribution in [0.15, 0.2) is 18.2 Å². The Bertz CT molecular complexity index is 444. The zero-order valence-electron chi connectivity index (χ0n) is 13.1. The largest absolute Gasteiger partial charge is 0.396 e. The molecule has 1 aromatic rings. The first-order valence-corrected chi connectivity index (χ1v) is 7.90. The van der Waals surface area contributed by atoms with E-state index in [4.69, 9.17) is 5.11 Å². The van der Waals surface area contributed by atoms with Crippen LogP contribution in [0.4, 0.5) is 4.39 Å². The van der Waals surface area contributed by atoms with Crippen LogP contribution in [0.3, 0.4) is 0 Å². The average Bonchev–Trinajstić information content (AvgIpc) is 2.52. The van der Waals surface area contributed by atoms with Gasteiger partial charge in [0.25, 0.3) is 0 Å². The summed E-state index contributed by atoms with van der Waals surface area (Å²) in [4.78, 5) is 2.45. The maximum absolute atomic E-state index is 13.7. The summed E-state index contributed by atoms with van der Waals surface area (Å²) in [6.45, 7) is 5.24. The predicted octanol–water partition coefficient (Wildman–Crippen LogP) is 2.49. The van der Waals surface area contributed by atoms with Gasteiger partial charge < -0.3 is 15.3 Å². The molecule has 118 valence electrons. The van der Waals surface area contributed by atoms with Crippen molar-refractivity contribution >= 4 is 0 Å². The monoisotopic (exact) mass is 294 g/mol. The molecule has 0 bridgehead atoms. The highest BCUT2D eigenvalue weighted by atomic mass is 19.1. The van der Waals surface area contributed by atoms with Crippen LogP contribution in [0.2, 0.25) is 0 Å². The number of hydrogen-bond acceptors (Lipinski definition) is 3. The van der Waals surface area contributed by atoms with E-state index in [1.54, 1.807) is 13.0 Å². The minimum atomic E-state index is -0.128. The summed E-state index contributed by atoms with van der Waals surface area (Å²) < 4.78 is 13.7. The Hall–Kier alpha value is -0.970. The molecule has 1 saturated heterocycles. The van der Waals surface area contributed by atoms with E-state index in [9.17, 15) is 4.39 Å². The second-order valence-electron chi connectivity index (χ2n) is 6.11. The van der Waals surface area contributed by atoms with E-state index in [1.165, 1.54) is 0 Å². The van der Waals surface area contributed by atoms with Crippen molar-refractivity contribution in [2.75, 3.05) is 33.3 Å². The summed E-state index contributed by atoms with van der Waals surface area (Å²) in [5.41, 5.74) is 1.71. The van der Waals surface area contributed by atoms with E-state index in [2.05, 4.69) is 10.2 Å². The Morgan fingerprint density at radius 2 is 2.10 bits per heavy atom. The topological polar surface area (TPSA) is 35.5 Å². The van der Waals surface area contributed by atoms with Gasteiger partial charge in [-0.25, -0.2) is 4.39 Å². The molecule has 4 heteroatoms. The lowest BCUT2D eigenvalue weighted by molar-refractivity contribution is 0.128. The van der Waals surface area contributed by atoms with Crippen LogP contribution in [-0.2, 0) is 0 Å². The fourth-order valence-corrected chi connectivity index (χ4v) is 3.01. The van der Waals surface area contributed by atoms with Crippen LogP contribution in [0, 0.1) is 18.7 Å². The quantitative estimate of drug-likeness (QED) is 0.846. The highest BCUT2D eigenvalue weighted by molar-refractivity contribution is 5.25. The second-order valence-corrected chi connectivity index (χ2v) is 6.11. The van der Waals surface area contributed by atoms with Crippen molar-refractivity contribution < 1.29 is 9.50 Å². The summed E-state index contributed by atoms with van der Waals surface area (Å²) in [5, 5.41) is 12.5. The van der Waals surface area contributed by atoms with Crippen LogP contribution >= 0.6 is 0 Å². The number of piperidine rings is 1. The number of nitrogens with zero attached hydrogens (tertiary/aromatic N) is 1. The molecule has 21 heavy (non-hydrogen) atoms. The van der Waals surface area contributed by atoms with Gasteiger partial charge in [-0.05, 0) is 76.0 Å². The first-order chi connectivity index (χ1) is 10.1. The van der Waals surface area contributed by atoms with Gasteiger partial charge in [0.2, 0.25) is 0 Å². The molecule has 1 fully saturated rings. The maximum Gasteiger partial charge on any atom is 0.126 e. The molecular weight excluding hydrogens is 267 g/mol. The Labute approximate surface area is 127 Å². The molecule has 1 aliphatic heterocycles. The highest BCUT2D eigenvalue weighted by Crippen LogP contribution is 2.22. The number of halogens is 1. The van der Waals surface area contributed by atoms with Gasteiger partial charge in [-0.1, -0.05) is 12.1 Å². The van der Waals surface area contributed by atoms with E-state index < -0.39 is 0 Å². The maximum atomic E-state index is 13.7. The summed E-state index contributed by atoms with van der Waals surface area (Å²) >= 11 is 0. The number of aliphatic hydroxyl groups is 1. The van der Waals surface area contributed by atoms with Crippen LogP contribution in [0.25, 0.3) is 0 Å². The second kappa shape index (κ2) is 7.87. The van der Waals surface area contributed by atoms with Crippen LogP contribution in [0.1, 0.15) is 36.4 Å². The fourth-order valence-electron chi connectivity index (χ4n) is 3.01. The lowest BCUT2D eigenvalue weighted by Gasteiger charge is -2.32. The molecule has 1 heterocycles. The molecule has 0 radical (unpaired) electrons. The lowest BCUT2D eigenvalue weighted by Crippen LogP contribution is -2.36. The van der Waals surface area contributed by atoms with Crippen LogP contribution < -0.4 is 5.32 Å². The minimum Gasteiger partial charge on any atom is -0.396 e. The van der Waals surface area contributed by atoms with Crippen molar-refractivity contribution in [1.82, 2.24) is 10.2 Å². The van der Waals surface area contributed by atoms with Crippen molar-refractivity contribution in [2.45, 2.75) is 32.2 Å². The van der Waals surface area contributed by atoms with Gasteiger partial charge in [-0.15, -0.1) is 0 Å². The first-order valence-electron chi connectivity index (χ1n) is 7.90. The number of benzene rings is 1. The summed E-state index contributed by atoms with van der Waals surface area (Å²) in [6, 6.07) is 5.70. The van der Waals surface area contributed by atoms with E-state index in [0.717, 1.165) is 44.5 Å². The smallest absolute Gasteiger partial charge is 0.126 e. The molecule has 0 amide bonds. The van der Waals surface area contributed by atoms with Gasteiger partial charge in [-0.3, -0.25) is 0 Å². The molecule has 3 nitrogen and oxygen atoms in total. The zero-order valence-corrected chi connectivity index (χ0v) is 13.1. The average molecular weight is 294 g/mol. The fraction of sp³-hybridized carbons (Fsp3) is 0.647. The van der Waals surface area contributed by atoms with Gasteiger partial charge in [-0.2, -0.15) is 0 Å². The molecule has 2 N–H and O–H groups in total. The molecule has 0 saturated carbocycles. The first kappa shape index (κ1) is 16.4. The molecule has 0 aromatic heterocycles. The molecule has 1 atom stereocenters. The number of aliphatic hydroxyl groups excluding tert-OH is 1. The standard InChI is InChI=1S/C17H27FN2O/c1-13-3-4-15(11-16(13)18)17(19-2)7-10-20-8-5-14(12-21)6-9-20/h3-4,11,14,17,19,21H,5-10,12H2,1-2H3. The van der Waals surface area contributed by atoms with E-state index >= 15 is 0 Å². The van der Waals surface area contributed by atoms with Crippen LogP contribution in [-0.4, -0.2) is 43.3 Å². The Kier molecular flexibility index (Phi) is 6.15. The van der Waals surface area contributed by atoms with Crippen molar-refractivity contribution in [3.05, 3.63) is 35.1 Å². The van der Waals surface area contributed by atoms with Gasteiger partial charge in [0.05, 0.1) is 0 Å². The number of likely N-dealkylation sites (tertiary alicyclic amines) is 1. The Balaban J connectivity index is 1.86. The predicted molar refractivity (Wildman–Crippen MR) is 83.8 cm³/mol. The van der Waals surface area contributed by atoms with Gasteiger partial charge >= 0.3 is 0 Å². The third-order valence-electron chi connectivity index (χ3n) is 4.65. The summed E-state index contributed by atoms with van der Waals surface area (Å²) in [5.74, 6) is 0.351. The normalized spacial score (nSPS) is 18.9. The SMILES string of the molecule is CNC(CCN1CCC(CO)CC1)c1ccc(C)c(F)c1. The van der Waals surface area contributed by atoms with Gasteiger partial charge in [0, 0.05) is 12.6 Å². The van der Waals surface area contributed by atoms with E-state index in [-0.39, 0.29) is 11.9 Å². The van der Waals surface area contributed by atoms with Crippen molar-refractivity contribution in [2.24, 2.45) is 5.92 Å². The van der Waals surface area contributed by atoms with Crippen molar-refractivity contribution in [3.8, 4) is 0 Å². The summed E-state index contributed by atoms with van der Waals surface area (Å²) in [7, 11) is 1.93. The molecule has 1 unspecified atom stereocenters. The Morgan fingerprint density at radius 3 is 2.67 bits per heavy atom. The lowest BCUT2D eigenvalue weighted by atomic mass is 9.97. The molecule has 0 spiro atoms. The molecule has 1 aromatic carbocycles. The number of nitrogens with one attached hydrogen (secondary N) is 1. The minimum absolute atomic E-state index is 0.128. The number of hydrogen-bond donors (Lipinski definition) is 2. The van der Waals surface area contributed by atoms with Gasteiger partial charge in [0.1, 0.15) is 5.82 Å². The third-order valence-corrected chi connectivity index (χ3v) is 4.65. The number of aryl methyl sites for hydroxylation is 1. The number of rotatable bonds is 6. The summed E-state index contributed by atoms with van der Waals surface area (Å²) in [6.07, 6.45) is 3.14. The van der Waals surface area contributed by atoms with Crippen molar-refractivity contribution in [1.29, 1.82) is 0 Å². The van der Waals surface area contributed by atoms with Crippen LogP contribution in [0.5, 0.6) is 0 Å². The molecule has 0 aliphatic carbocycles. The Morgan fingerprint density at radius 1 is 1.38 bits per heavy atom. The highest BCUT2D eigenvalue weighted by Gasteiger charge is 2.19. The van der Waals surface area contributed by atoms with Crippen molar-refractivity contribution in [3.63, 3.8) is 0 Å². The van der Waals surface area contributed by atoms with Gasteiger partial charge in [0.15, 0.2) is 0 Å². The molecule has 1 aliphatic rings. The van der Waals surface area contributed by atoms with E-state index in [1.807, 2.05) is 19.2 Å². The molecular formula is C17H27FN2O. The zero-order chi connectivity index (χ0) is 15.2.